The molecule has 0 aliphatic carbocycles. The fourth-order valence-electron chi connectivity index (χ4n) is 1.52. The summed E-state index contributed by atoms with van der Waals surface area (Å²) in [6, 6.07) is 10.2. The highest BCUT2D eigenvalue weighted by molar-refractivity contribution is 5.43. The molecule has 1 aromatic carbocycles. The summed E-state index contributed by atoms with van der Waals surface area (Å²) in [4.78, 5) is 4.12. The van der Waals surface area contributed by atoms with Crippen LogP contribution in [0.25, 0.3) is 0 Å². The second-order valence-corrected chi connectivity index (χ2v) is 3.72. The highest BCUT2D eigenvalue weighted by Gasteiger charge is 1.97. The fourth-order valence-corrected chi connectivity index (χ4v) is 1.52. The minimum atomic E-state index is -0.232. The Hall–Kier alpha value is -1.94. The second kappa shape index (κ2) is 5.41. The molecule has 2 aromatic rings. The number of anilines is 1. The number of nitrogens with one attached hydrogen (secondary N) is 1. The number of hydrogen-bond acceptors (Lipinski definition) is 3. The van der Waals surface area contributed by atoms with Gasteiger partial charge in [0.2, 0.25) is 0 Å². The van der Waals surface area contributed by atoms with E-state index >= 15 is 0 Å². The van der Waals surface area contributed by atoms with E-state index < -0.39 is 0 Å². The summed E-state index contributed by atoms with van der Waals surface area (Å²) < 4.78 is 12.7. The van der Waals surface area contributed by atoms with Gasteiger partial charge in [-0.1, -0.05) is 0 Å². The maximum Gasteiger partial charge on any atom is 0.123 e. The fraction of sp³-hybridized carbons (Fsp3) is 0.154. The van der Waals surface area contributed by atoms with Gasteiger partial charge in [-0.05, 0) is 42.0 Å². The molecule has 2 rings (SSSR count). The number of benzene rings is 1. The molecule has 1 aromatic heterocycles. The number of rotatable bonds is 4. The molecule has 0 atom stereocenters. The molecule has 3 nitrogen and oxygen atoms in total. The number of pyridine rings is 1. The summed E-state index contributed by atoms with van der Waals surface area (Å²) in [6.45, 7) is 1.10. The number of halogens is 1. The summed E-state index contributed by atoms with van der Waals surface area (Å²) >= 11 is 0. The van der Waals surface area contributed by atoms with Crippen LogP contribution in [0.5, 0.6) is 0 Å². The first-order valence-corrected chi connectivity index (χ1v) is 5.41. The maximum absolute atomic E-state index is 12.7. The minimum absolute atomic E-state index is 0.232. The van der Waals surface area contributed by atoms with Gasteiger partial charge in [-0.15, -0.1) is 0 Å². The molecule has 3 N–H and O–H groups in total. The molecule has 0 aliphatic rings. The molecule has 0 unspecified atom stereocenters. The number of nitrogens with zero attached hydrogens (tertiary/aromatic N) is 1. The third-order valence-electron chi connectivity index (χ3n) is 2.43. The molecule has 0 spiro atoms. The summed E-state index contributed by atoms with van der Waals surface area (Å²) in [5.74, 6) is -0.232. The van der Waals surface area contributed by atoms with Gasteiger partial charge in [0.1, 0.15) is 5.82 Å². The first kappa shape index (κ1) is 11.5. The molecular formula is C13H14FN3. The standard InChI is InChI=1S/C13H14FN3/c14-11-1-3-12(4-2-11)17-9-10-5-6-16-13(7-10)8-15/h1-7,17H,8-9,15H2. The molecule has 0 saturated heterocycles. The van der Waals surface area contributed by atoms with Crippen molar-refractivity contribution in [1.29, 1.82) is 0 Å². The average molecular weight is 231 g/mol. The van der Waals surface area contributed by atoms with Crippen LogP contribution in [0.3, 0.4) is 0 Å². The molecule has 0 radical (unpaired) electrons. The Morgan fingerprint density at radius 1 is 1.18 bits per heavy atom. The zero-order valence-electron chi connectivity index (χ0n) is 9.36. The van der Waals surface area contributed by atoms with Crippen molar-refractivity contribution in [3.63, 3.8) is 0 Å². The molecule has 0 aliphatic heterocycles. The van der Waals surface area contributed by atoms with Gasteiger partial charge in [-0.3, -0.25) is 4.98 Å². The zero-order valence-corrected chi connectivity index (χ0v) is 9.36. The van der Waals surface area contributed by atoms with E-state index in [0.717, 1.165) is 16.9 Å². The van der Waals surface area contributed by atoms with Crippen molar-refractivity contribution in [3.05, 3.63) is 59.7 Å². The van der Waals surface area contributed by atoms with Gasteiger partial charge in [0.05, 0.1) is 5.69 Å². The van der Waals surface area contributed by atoms with Crippen LogP contribution in [0.15, 0.2) is 42.6 Å². The Balaban J connectivity index is 1.99. The highest BCUT2D eigenvalue weighted by Crippen LogP contribution is 2.10. The third kappa shape index (κ3) is 3.26. The topological polar surface area (TPSA) is 50.9 Å². The van der Waals surface area contributed by atoms with E-state index in [4.69, 9.17) is 5.73 Å². The lowest BCUT2D eigenvalue weighted by atomic mass is 10.2. The zero-order chi connectivity index (χ0) is 12.1. The molecule has 88 valence electrons. The smallest absolute Gasteiger partial charge is 0.123 e. The maximum atomic E-state index is 12.7. The molecule has 0 fully saturated rings. The molecule has 0 bridgehead atoms. The van der Waals surface area contributed by atoms with Gasteiger partial charge in [0, 0.05) is 25.0 Å². The SMILES string of the molecule is NCc1cc(CNc2ccc(F)cc2)ccn1. The van der Waals surface area contributed by atoms with E-state index in [1.807, 2.05) is 12.1 Å². The predicted molar refractivity (Wildman–Crippen MR) is 65.9 cm³/mol. The third-order valence-corrected chi connectivity index (χ3v) is 2.43. The molecule has 17 heavy (non-hydrogen) atoms. The van der Waals surface area contributed by atoms with Gasteiger partial charge in [0.25, 0.3) is 0 Å². The van der Waals surface area contributed by atoms with E-state index in [0.29, 0.717) is 13.1 Å². The van der Waals surface area contributed by atoms with Crippen molar-refractivity contribution in [2.45, 2.75) is 13.1 Å². The van der Waals surface area contributed by atoms with Gasteiger partial charge in [0.15, 0.2) is 0 Å². The van der Waals surface area contributed by atoms with Crippen LogP contribution in [0, 0.1) is 5.82 Å². The minimum Gasteiger partial charge on any atom is -0.381 e. The van der Waals surface area contributed by atoms with Gasteiger partial charge >= 0.3 is 0 Å². The van der Waals surface area contributed by atoms with Crippen LogP contribution in [0.1, 0.15) is 11.3 Å². The van der Waals surface area contributed by atoms with E-state index in [9.17, 15) is 4.39 Å². The monoisotopic (exact) mass is 231 g/mol. The van der Waals surface area contributed by atoms with Crippen LogP contribution in [-0.4, -0.2) is 4.98 Å². The van der Waals surface area contributed by atoms with E-state index in [1.165, 1.54) is 12.1 Å². The Bertz CT molecular complexity index is 482. The van der Waals surface area contributed by atoms with Crippen molar-refractivity contribution < 1.29 is 4.39 Å². The summed E-state index contributed by atoms with van der Waals surface area (Å²) in [7, 11) is 0. The normalized spacial score (nSPS) is 10.2. The lowest BCUT2D eigenvalue weighted by Gasteiger charge is -2.07. The largest absolute Gasteiger partial charge is 0.381 e. The first-order valence-electron chi connectivity index (χ1n) is 5.41. The molecule has 4 heteroatoms. The van der Waals surface area contributed by atoms with Crippen molar-refractivity contribution in [2.24, 2.45) is 5.73 Å². The van der Waals surface area contributed by atoms with Crippen LogP contribution >= 0.6 is 0 Å². The van der Waals surface area contributed by atoms with E-state index in [-0.39, 0.29) is 5.82 Å². The number of aromatic nitrogens is 1. The van der Waals surface area contributed by atoms with Crippen molar-refractivity contribution in [3.8, 4) is 0 Å². The van der Waals surface area contributed by atoms with E-state index in [1.54, 1.807) is 18.3 Å². The van der Waals surface area contributed by atoms with Gasteiger partial charge in [-0.2, -0.15) is 0 Å². The van der Waals surface area contributed by atoms with Crippen LogP contribution < -0.4 is 11.1 Å². The molecule has 1 heterocycles. The van der Waals surface area contributed by atoms with Crippen LogP contribution in [-0.2, 0) is 13.1 Å². The highest BCUT2D eigenvalue weighted by atomic mass is 19.1. The second-order valence-electron chi connectivity index (χ2n) is 3.72. The Kier molecular flexibility index (Phi) is 3.67. The number of nitrogens with two attached hydrogens (primary N) is 1. The summed E-state index contributed by atoms with van der Waals surface area (Å²) in [6.07, 6.45) is 1.74. The first-order chi connectivity index (χ1) is 8.28. The summed E-state index contributed by atoms with van der Waals surface area (Å²) in [5.41, 5.74) is 8.37. The van der Waals surface area contributed by atoms with Crippen molar-refractivity contribution >= 4 is 5.69 Å². The average Bonchev–Trinajstić information content (AvgIpc) is 2.38. The quantitative estimate of drug-likeness (QED) is 0.848. The Labute approximate surface area is 99.5 Å². The lowest BCUT2D eigenvalue weighted by Crippen LogP contribution is -2.03. The summed E-state index contributed by atoms with van der Waals surface area (Å²) in [5, 5.41) is 3.20. The Morgan fingerprint density at radius 3 is 2.65 bits per heavy atom. The van der Waals surface area contributed by atoms with Crippen molar-refractivity contribution in [2.75, 3.05) is 5.32 Å². The van der Waals surface area contributed by atoms with Crippen LogP contribution in [0.4, 0.5) is 10.1 Å². The van der Waals surface area contributed by atoms with E-state index in [2.05, 4.69) is 10.3 Å². The molecule has 0 saturated carbocycles. The Morgan fingerprint density at radius 2 is 1.94 bits per heavy atom. The predicted octanol–water partition coefficient (Wildman–Crippen LogP) is 2.29. The molecule has 0 amide bonds. The van der Waals surface area contributed by atoms with Crippen LogP contribution in [0.2, 0.25) is 0 Å². The molecular weight excluding hydrogens is 217 g/mol. The number of hydrogen-bond donors (Lipinski definition) is 2. The van der Waals surface area contributed by atoms with Gasteiger partial charge < -0.3 is 11.1 Å². The van der Waals surface area contributed by atoms with Gasteiger partial charge in [-0.25, -0.2) is 4.39 Å². The lowest BCUT2D eigenvalue weighted by molar-refractivity contribution is 0.628. The van der Waals surface area contributed by atoms with Crippen molar-refractivity contribution in [1.82, 2.24) is 4.98 Å².